The average Bonchev–Trinajstić information content (AvgIpc) is 2.34. The van der Waals surface area contributed by atoms with Gasteiger partial charge in [-0.05, 0) is 61.1 Å². The van der Waals surface area contributed by atoms with Gasteiger partial charge in [-0.3, -0.25) is 0 Å². The molecule has 1 aliphatic carbocycles. The van der Waals surface area contributed by atoms with E-state index in [9.17, 15) is 5.11 Å². The van der Waals surface area contributed by atoms with Gasteiger partial charge in [0.15, 0.2) is 0 Å². The van der Waals surface area contributed by atoms with Gasteiger partial charge in [-0.15, -0.1) is 0 Å². The van der Waals surface area contributed by atoms with Crippen LogP contribution in [0.1, 0.15) is 38.7 Å². The van der Waals surface area contributed by atoms with Crippen molar-refractivity contribution in [3.63, 3.8) is 0 Å². The number of rotatable bonds is 3. The zero-order chi connectivity index (χ0) is 13.1. The molecule has 1 aromatic carbocycles. The van der Waals surface area contributed by atoms with Crippen molar-refractivity contribution in [3.05, 3.63) is 29.8 Å². The Morgan fingerprint density at radius 2 is 1.89 bits per heavy atom. The third kappa shape index (κ3) is 3.50. The summed E-state index contributed by atoms with van der Waals surface area (Å²) >= 11 is 3.85. The van der Waals surface area contributed by atoms with E-state index in [1.54, 1.807) is 12.1 Å². The van der Waals surface area contributed by atoms with Crippen LogP contribution in [0.2, 0.25) is 0 Å². The zero-order valence-corrected chi connectivity index (χ0v) is 12.9. The van der Waals surface area contributed by atoms with Crippen LogP contribution in [0, 0.1) is 17.8 Å². The van der Waals surface area contributed by atoms with E-state index in [-0.39, 0.29) is 0 Å². The molecule has 1 nitrogen and oxygen atoms in total. The standard InChI is InChI=1S/C16H23BrO/c1-11(2)13-5-8-16(17)14(10-13)9-12-3-6-15(18)7-4-12/h3-4,6-7,11,13-14,16,18H,5,8-10H2,1-2H3. The molecule has 3 atom stereocenters. The molecule has 3 unspecified atom stereocenters. The highest BCUT2D eigenvalue weighted by molar-refractivity contribution is 9.09. The van der Waals surface area contributed by atoms with Gasteiger partial charge in [0.05, 0.1) is 0 Å². The molecule has 1 aliphatic rings. The second-order valence-electron chi connectivity index (χ2n) is 5.96. The molecule has 100 valence electrons. The van der Waals surface area contributed by atoms with E-state index in [1.165, 1.54) is 24.8 Å². The summed E-state index contributed by atoms with van der Waals surface area (Å²) in [5, 5.41) is 9.32. The first kappa shape index (κ1) is 13.9. The Hall–Kier alpha value is -0.500. The zero-order valence-electron chi connectivity index (χ0n) is 11.3. The fourth-order valence-corrected chi connectivity index (χ4v) is 3.68. The Kier molecular flexibility index (Phi) is 4.71. The fraction of sp³-hybridized carbons (Fsp3) is 0.625. The Balaban J connectivity index is 2.00. The van der Waals surface area contributed by atoms with Crippen LogP contribution in [0.25, 0.3) is 0 Å². The number of benzene rings is 1. The van der Waals surface area contributed by atoms with Gasteiger partial charge in [-0.25, -0.2) is 0 Å². The van der Waals surface area contributed by atoms with E-state index < -0.39 is 0 Å². The topological polar surface area (TPSA) is 20.2 Å². The molecule has 0 aromatic heterocycles. The Labute approximate surface area is 119 Å². The largest absolute Gasteiger partial charge is 0.508 e. The molecule has 0 radical (unpaired) electrons. The van der Waals surface area contributed by atoms with Crippen LogP contribution in [0.15, 0.2) is 24.3 Å². The SMILES string of the molecule is CC(C)C1CCC(Br)C(Cc2ccc(O)cc2)C1. The number of phenolic OH excluding ortho intramolecular Hbond substituents is 1. The van der Waals surface area contributed by atoms with Crippen molar-refractivity contribution in [1.29, 1.82) is 0 Å². The molecule has 1 aromatic rings. The minimum Gasteiger partial charge on any atom is -0.508 e. The molecule has 0 spiro atoms. The minimum atomic E-state index is 0.359. The quantitative estimate of drug-likeness (QED) is 0.797. The predicted molar refractivity (Wildman–Crippen MR) is 80.2 cm³/mol. The molecular weight excluding hydrogens is 288 g/mol. The van der Waals surface area contributed by atoms with E-state index in [1.807, 2.05) is 12.1 Å². The van der Waals surface area contributed by atoms with Crippen LogP contribution in [-0.4, -0.2) is 9.93 Å². The van der Waals surface area contributed by atoms with Crippen molar-refractivity contribution in [2.24, 2.45) is 17.8 Å². The Morgan fingerprint density at radius 3 is 2.50 bits per heavy atom. The maximum Gasteiger partial charge on any atom is 0.115 e. The molecule has 2 heteroatoms. The molecule has 1 saturated carbocycles. The number of aromatic hydroxyl groups is 1. The number of halogens is 1. The monoisotopic (exact) mass is 310 g/mol. The van der Waals surface area contributed by atoms with E-state index in [0.29, 0.717) is 10.6 Å². The van der Waals surface area contributed by atoms with Crippen LogP contribution >= 0.6 is 15.9 Å². The highest BCUT2D eigenvalue weighted by atomic mass is 79.9. The highest BCUT2D eigenvalue weighted by Crippen LogP contribution is 2.38. The number of phenols is 1. The molecule has 0 heterocycles. The van der Waals surface area contributed by atoms with Crippen molar-refractivity contribution < 1.29 is 5.11 Å². The second kappa shape index (κ2) is 6.10. The maximum atomic E-state index is 9.32. The molecule has 0 saturated heterocycles. The van der Waals surface area contributed by atoms with Gasteiger partial charge in [0.2, 0.25) is 0 Å². The lowest BCUT2D eigenvalue weighted by atomic mass is 9.74. The molecule has 0 amide bonds. The van der Waals surface area contributed by atoms with E-state index in [0.717, 1.165) is 24.2 Å². The molecule has 0 aliphatic heterocycles. The first-order valence-corrected chi connectivity index (χ1v) is 7.90. The van der Waals surface area contributed by atoms with Crippen LogP contribution in [0.4, 0.5) is 0 Å². The van der Waals surface area contributed by atoms with E-state index in [4.69, 9.17) is 0 Å². The molecular formula is C16H23BrO. The first-order valence-electron chi connectivity index (χ1n) is 6.98. The van der Waals surface area contributed by atoms with Crippen LogP contribution in [-0.2, 0) is 6.42 Å². The smallest absolute Gasteiger partial charge is 0.115 e. The average molecular weight is 311 g/mol. The second-order valence-corrected chi connectivity index (χ2v) is 7.14. The lowest BCUT2D eigenvalue weighted by Crippen LogP contribution is -2.29. The van der Waals surface area contributed by atoms with Gasteiger partial charge in [-0.1, -0.05) is 41.9 Å². The molecule has 1 fully saturated rings. The summed E-state index contributed by atoms with van der Waals surface area (Å²) in [5.74, 6) is 2.77. The lowest BCUT2D eigenvalue weighted by molar-refractivity contribution is 0.223. The van der Waals surface area contributed by atoms with Crippen molar-refractivity contribution in [2.75, 3.05) is 0 Å². The maximum absolute atomic E-state index is 9.32. The Bertz CT molecular complexity index is 371. The van der Waals surface area contributed by atoms with E-state index in [2.05, 4.69) is 29.8 Å². The normalized spacial score (nSPS) is 28.6. The number of alkyl halides is 1. The van der Waals surface area contributed by atoms with Gasteiger partial charge in [0.1, 0.15) is 5.75 Å². The van der Waals surface area contributed by atoms with Crippen molar-refractivity contribution >= 4 is 15.9 Å². The van der Waals surface area contributed by atoms with Gasteiger partial charge in [0, 0.05) is 4.83 Å². The molecule has 1 N–H and O–H groups in total. The molecule has 0 bridgehead atoms. The van der Waals surface area contributed by atoms with Crippen LogP contribution in [0.3, 0.4) is 0 Å². The predicted octanol–water partition coefficient (Wildman–Crippen LogP) is 4.77. The third-order valence-electron chi connectivity index (χ3n) is 4.31. The summed E-state index contributed by atoms with van der Waals surface area (Å²) in [7, 11) is 0. The Morgan fingerprint density at radius 1 is 1.22 bits per heavy atom. The van der Waals surface area contributed by atoms with Gasteiger partial charge in [0.25, 0.3) is 0 Å². The summed E-state index contributed by atoms with van der Waals surface area (Å²) < 4.78 is 0. The summed E-state index contributed by atoms with van der Waals surface area (Å²) in [6, 6.07) is 7.69. The highest BCUT2D eigenvalue weighted by Gasteiger charge is 2.30. The van der Waals surface area contributed by atoms with Crippen molar-refractivity contribution in [3.8, 4) is 5.75 Å². The van der Waals surface area contributed by atoms with Crippen LogP contribution in [0.5, 0.6) is 5.75 Å². The van der Waals surface area contributed by atoms with Crippen LogP contribution < -0.4 is 0 Å². The first-order chi connectivity index (χ1) is 8.56. The third-order valence-corrected chi connectivity index (χ3v) is 5.51. The van der Waals surface area contributed by atoms with Gasteiger partial charge >= 0.3 is 0 Å². The summed E-state index contributed by atoms with van der Waals surface area (Å²) in [5.41, 5.74) is 1.34. The molecule has 2 rings (SSSR count). The van der Waals surface area contributed by atoms with Crippen molar-refractivity contribution in [1.82, 2.24) is 0 Å². The summed E-state index contributed by atoms with van der Waals surface area (Å²) in [6.45, 7) is 4.69. The summed E-state index contributed by atoms with van der Waals surface area (Å²) in [4.78, 5) is 0.654. The van der Waals surface area contributed by atoms with E-state index >= 15 is 0 Å². The molecule has 18 heavy (non-hydrogen) atoms. The number of hydrogen-bond acceptors (Lipinski definition) is 1. The number of hydrogen-bond donors (Lipinski definition) is 1. The summed E-state index contributed by atoms with van der Waals surface area (Å²) in [6.07, 6.45) is 5.11. The van der Waals surface area contributed by atoms with Gasteiger partial charge in [-0.2, -0.15) is 0 Å². The minimum absolute atomic E-state index is 0.359. The lowest BCUT2D eigenvalue weighted by Gasteiger charge is -2.35. The van der Waals surface area contributed by atoms with Gasteiger partial charge < -0.3 is 5.11 Å². The fourth-order valence-electron chi connectivity index (χ4n) is 3.01. The van der Waals surface area contributed by atoms with Crippen molar-refractivity contribution in [2.45, 2.75) is 44.4 Å².